The molecule has 0 saturated heterocycles. The van der Waals surface area contributed by atoms with Crippen LogP contribution in [0.15, 0.2) is 39.2 Å². The summed E-state index contributed by atoms with van der Waals surface area (Å²) >= 11 is 3.42. The molecule has 3 nitrogen and oxygen atoms in total. The van der Waals surface area contributed by atoms with Gasteiger partial charge in [0.25, 0.3) is 0 Å². The Bertz CT molecular complexity index is 826. The molecule has 2 aromatic heterocycles. The molecule has 1 aromatic carbocycles. The van der Waals surface area contributed by atoms with Crippen LogP contribution in [0.4, 0.5) is 0 Å². The van der Waals surface area contributed by atoms with E-state index in [1.807, 2.05) is 49.7 Å². The molecule has 3 rings (SSSR count). The molecule has 0 spiro atoms. The Hall–Kier alpha value is -1.81. The summed E-state index contributed by atoms with van der Waals surface area (Å²) in [6.07, 6.45) is 0. The molecular weight excluding hydrogens is 318 g/mol. The molecule has 0 unspecified atom stereocenters. The Morgan fingerprint density at radius 1 is 1.20 bits per heavy atom. The van der Waals surface area contributed by atoms with Gasteiger partial charge in [-0.3, -0.25) is 4.79 Å². The van der Waals surface area contributed by atoms with Crippen molar-refractivity contribution in [3.8, 4) is 0 Å². The van der Waals surface area contributed by atoms with Gasteiger partial charge in [-0.2, -0.15) is 0 Å². The van der Waals surface area contributed by atoms with Gasteiger partial charge < -0.3 is 8.98 Å². The second kappa shape index (κ2) is 4.63. The summed E-state index contributed by atoms with van der Waals surface area (Å²) < 4.78 is 8.64. The van der Waals surface area contributed by atoms with Gasteiger partial charge in [-0.25, -0.2) is 0 Å². The highest BCUT2D eigenvalue weighted by Crippen LogP contribution is 2.26. The van der Waals surface area contributed by atoms with Crippen LogP contribution in [0.1, 0.15) is 27.5 Å². The van der Waals surface area contributed by atoms with E-state index >= 15 is 0 Å². The van der Waals surface area contributed by atoms with Gasteiger partial charge in [-0.15, -0.1) is 0 Å². The van der Waals surface area contributed by atoms with Crippen LogP contribution in [-0.4, -0.2) is 10.4 Å². The average molecular weight is 332 g/mol. The average Bonchev–Trinajstić information content (AvgIpc) is 2.94. The highest BCUT2D eigenvalue weighted by molar-refractivity contribution is 9.10. The van der Waals surface area contributed by atoms with E-state index in [9.17, 15) is 4.79 Å². The fourth-order valence-electron chi connectivity index (χ4n) is 2.34. The number of aromatic nitrogens is 1. The number of fused-ring (bicyclic) bond motifs is 1. The van der Waals surface area contributed by atoms with Crippen molar-refractivity contribution in [1.29, 1.82) is 0 Å². The minimum absolute atomic E-state index is 0.0708. The third-order valence-corrected chi connectivity index (χ3v) is 4.22. The minimum atomic E-state index is -0.0708. The largest absolute Gasteiger partial charge is 0.453 e. The molecule has 0 N–H and O–H groups in total. The third-order valence-electron chi connectivity index (χ3n) is 3.72. The van der Waals surface area contributed by atoms with Gasteiger partial charge in [-0.1, -0.05) is 15.9 Å². The number of benzene rings is 1. The summed E-state index contributed by atoms with van der Waals surface area (Å²) in [6, 6.07) is 9.40. The Morgan fingerprint density at radius 2 is 1.95 bits per heavy atom. The molecule has 0 fully saturated rings. The summed E-state index contributed by atoms with van der Waals surface area (Å²) in [7, 11) is 1.96. The van der Waals surface area contributed by atoms with Crippen molar-refractivity contribution in [3.63, 3.8) is 0 Å². The van der Waals surface area contributed by atoms with E-state index in [1.165, 1.54) is 0 Å². The lowest BCUT2D eigenvalue weighted by molar-refractivity contribution is 0.101. The first kappa shape index (κ1) is 13.2. The maximum Gasteiger partial charge on any atom is 0.230 e. The number of halogens is 1. The number of carbonyl (C=O) groups excluding carboxylic acids is 1. The zero-order chi connectivity index (χ0) is 14.4. The van der Waals surface area contributed by atoms with Crippen LogP contribution in [0.2, 0.25) is 0 Å². The third kappa shape index (κ3) is 2.00. The molecular formula is C16H14BrNO2. The first-order valence-corrected chi connectivity index (χ1v) is 7.13. The van der Waals surface area contributed by atoms with E-state index in [2.05, 4.69) is 15.9 Å². The maximum absolute atomic E-state index is 12.6. The van der Waals surface area contributed by atoms with Gasteiger partial charge in [0.1, 0.15) is 5.58 Å². The summed E-state index contributed by atoms with van der Waals surface area (Å²) in [5.74, 6) is 0.310. The number of carbonyl (C=O) groups is 1. The Labute approximate surface area is 125 Å². The van der Waals surface area contributed by atoms with E-state index in [1.54, 1.807) is 6.07 Å². The first-order valence-electron chi connectivity index (χ1n) is 6.34. The molecule has 0 aliphatic rings. The molecule has 20 heavy (non-hydrogen) atoms. The SMILES string of the molecule is Cc1cc(C(=O)c2cc3cc(Br)ccc3o2)c(C)n1C. The number of nitrogens with zero attached hydrogens (tertiary/aromatic N) is 1. The van der Waals surface area contributed by atoms with Crippen LogP contribution in [0.3, 0.4) is 0 Å². The monoisotopic (exact) mass is 331 g/mol. The highest BCUT2D eigenvalue weighted by Gasteiger charge is 2.19. The van der Waals surface area contributed by atoms with Crippen LogP contribution in [0.5, 0.6) is 0 Å². The van der Waals surface area contributed by atoms with Gasteiger partial charge in [0, 0.05) is 33.9 Å². The molecule has 0 atom stereocenters. The molecule has 3 aromatic rings. The topological polar surface area (TPSA) is 35.1 Å². The van der Waals surface area contributed by atoms with E-state index in [4.69, 9.17) is 4.42 Å². The summed E-state index contributed by atoms with van der Waals surface area (Å²) in [5, 5.41) is 0.924. The lowest BCUT2D eigenvalue weighted by Crippen LogP contribution is -2.02. The van der Waals surface area contributed by atoms with Gasteiger partial charge in [0.05, 0.1) is 0 Å². The first-order chi connectivity index (χ1) is 9.47. The lowest BCUT2D eigenvalue weighted by atomic mass is 10.1. The van der Waals surface area contributed by atoms with Gasteiger partial charge in [0.15, 0.2) is 5.76 Å². The number of hydrogen-bond acceptors (Lipinski definition) is 2. The normalized spacial score (nSPS) is 11.2. The quantitative estimate of drug-likeness (QED) is 0.653. The van der Waals surface area contributed by atoms with Gasteiger partial charge >= 0.3 is 0 Å². The van der Waals surface area contributed by atoms with Crippen LogP contribution in [-0.2, 0) is 7.05 Å². The number of rotatable bonds is 2. The fourth-order valence-corrected chi connectivity index (χ4v) is 2.72. The van der Waals surface area contributed by atoms with Crippen molar-refractivity contribution < 1.29 is 9.21 Å². The fraction of sp³-hybridized carbons (Fsp3) is 0.188. The predicted molar refractivity (Wildman–Crippen MR) is 82.2 cm³/mol. The van der Waals surface area contributed by atoms with Crippen LogP contribution in [0, 0.1) is 13.8 Å². The van der Waals surface area contributed by atoms with Crippen molar-refractivity contribution >= 4 is 32.7 Å². The molecule has 0 radical (unpaired) electrons. The van der Waals surface area contributed by atoms with Crippen molar-refractivity contribution in [1.82, 2.24) is 4.57 Å². The van der Waals surface area contributed by atoms with E-state index in [-0.39, 0.29) is 5.78 Å². The standard InChI is InChI=1S/C16H14BrNO2/c1-9-6-13(10(2)18(9)3)16(19)15-8-11-7-12(17)4-5-14(11)20-15/h4-8H,1-3H3. The van der Waals surface area contributed by atoms with Crippen LogP contribution < -0.4 is 0 Å². The van der Waals surface area contributed by atoms with Crippen molar-refractivity contribution in [2.24, 2.45) is 7.05 Å². The molecule has 2 heterocycles. The molecule has 102 valence electrons. The molecule has 0 bridgehead atoms. The van der Waals surface area contributed by atoms with Gasteiger partial charge in [-0.05, 0) is 44.2 Å². The van der Waals surface area contributed by atoms with E-state index in [0.29, 0.717) is 11.3 Å². The molecule has 4 heteroatoms. The van der Waals surface area contributed by atoms with Crippen molar-refractivity contribution in [3.05, 3.63) is 57.5 Å². The molecule has 0 aliphatic carbocycles. The lowest BCUT2D eigenvalue weighted by Gasteiger charge is -2.00. The number of ketones is 1. The number of hydrogen-bond donors (Lipinski definition) is 0. The second-order valence-corrected chi connectivity index (χ2v) is 5.88. The zero-order valence-electron chi connectivity index (χ0n) is 11.5. The van der Waals surface area contributed by atoms with Crippen LogP contribution >= 0.6 is 15.9 Å². The molecule has 0 saturated carbocycles. The Balaban J connectivity index is 2.10. The minimum Gasteiger partial charge on any atom is -0.453 e. The Morgan fingerprint density at radius 3 is 2.60 bits per heavy atom. The summed E-state index contributed by atoms with van der Waals surface area (Å²) in [4.78, 5) is 12.6. The highest BCUT2D eigenvalue weighted by atomic mass is 79.9. The van der Waals surface area contributed by atoms with Gasteiger partial charge in [0.2, 0.25) is 5.78 Å². The van der Waals surface area contributed by atoms with E-state index < -0.39 is 0 Å². The van der Waals surface area contributed by atoms with Crippen LogP contribution in [0.25, 0.3) is 11.0 Å². The maximum atomic E-state index is 12.6. The van der Waals surface area contributed by atoms with E-state index in [0.717, 1.165) is 26.8 Å². The smallest absolute Gasteiger partial charge is 0.230 e. The predicted octanol–water partition coefficient (Wildman–Crippen LogP) is 4.38. The van der Waals surface area contributed by atoms with Crippen molar-refractivity contribution in [2.75, 3.05) is 0 Å². The second-order valence-electron chi connectivity index (χ2n) is 4.97. The molecule has 0 amide bonds. The molecule has 0 aliphatic heterocycles. The summed E-state index contributed by atoms with van der Waals surface area (Å²) in [6.45, 7) is 3.93. The number of furan rings is 1. The summed E-state index contributed by atoms with van der Waals surface area (Å²) in [5.41, 5.74) is 3.43. The number of aryl methyl sites for hydroxylation is 1. The Kier molecular flexibility index (Phi) is 3.05. The zero-order valence-corrected chi connectivity index (χ0v) is 13.1. The van der Waals surface area contributed by atoms with Crippen molar-refractivity contribution in [2.45, 2.75) is 13.8 Å².